The van der Waals surface area contributed by atoms with E-state index in [0.717, 1.165) is 23.1 Å². The lowest BCUT2D eigenvalue weighted by molar-refractivity contribution is -0.178. The number of H-pyrrole nitrogens is 1. The number of thiazole rings is 1. The van der Waals surface area contributed by atoms with E-state index >= 15 is 0 Å². The van der Waals surface area contributed by atoms with Crippen molar-refractivity contribution in [1.82, 2.24) is 25.0 Å². The molecule has 0 spiro atoms. The van der Waals surface area contributed by atoms with Gasteiger partial charge in [0, 0.05) is 16.5 Å². The highest BCUT2D eigenvalue weighted by molar-refractivity contribution is 9.10. The van der Waals surface area contributed by atoms with Crippen LogP contribution >= 0.6 is 39.0 Å². The summed E-state index contributed by atoms with van der Waals surface area (Å²) in [5.74, 6) is 0. The summed E-state index contributed by atoms with van der Waals surface area (Å²) < 4.78 is 7.49. The van der Waals surface area contributed by atoms with Crippen LogP contribution in [0, 0.1) is 11.3 Å². The molecule has 5 atom stereocenters. The van der Waals surface area contributed by atoms with Gasteiger partial charge in [-0.1, -0.05) is 28.3 Å². The summed E-state index contributed by atoms with van der Waals surface area (Å²) in [6, 6.07) is 2.65. The number of hydrogen-bond donors (Lipinski definition) is 4. The molecule has 0 saturated carbocycles. The minimum absolute atomic E-state index is 0.220. The summed E-state index contributed by atoms with van der Waals surface area (Å²) in [6.07, 6.45) is -0.504. The highest BCUT2D eigenvalue weighted by atomic mass is 79.9. The van der Waals surface area contributed by atoms with Crippen LogP contribution in [-0.4, -0.2) is 70.6 Å². The second-order valence-electron chi connectivity index (χ2n) is 6.57. The van der Waals surface area contributed by atoms with E-state index in [1.807, 2.05) is 6.07 Å². The van der Waals surface area contributed by atoms with Crippen LogP contribution in [0.5, 0.6) is 0 Å². The third kappa shape index (κ3) is 4.44. The molecule has 1 aliphatic rings. The fraction of sp³-hybridized carbons (Fsp3) is 0.353. The first-order valence-electron chi connectivity index (χ1n) is 8.86. The average molecular weight is 527 g/mol. The second kappa shape index (κ2) is 9.17. The maximum atomic E-state index is 11.4. The van der Waals surface area contributed by atoms with Crippen molar-refractivity contribution in [1.29, 1.82) is 5.26 Å². The first-order valence-corrected chi connectivity index (χ1v) is 11.4. The highest BCUT2D eigenvalue weighted by Gasteiger charge is 2.46. The zero-order valence-corrected chi connectivity index (χ0v) is 18.7. The minimum atomic E-state index is -1.27. The highest BCUT2D eigenvalue weighted by Crippen LogP contribution is 2.38. The largest absolute Gasteiger partial charge is 0.394 e. The predicted octanol–water partition coefficient (Wildman–Crippen LogP) is 0.496. The number of nitrogens with one attached hydrogen (secondary N) is 1. The Hall–Kier alpha value is -2.12. The molecule has 1 fully saturated rings. The molecule has 0 aromatic carbocycles. The maximum Gasteiger partial charge on any atom is 0.304 e. The molecule has 4 rings (SSSR count). The zero-order valence-electron chi connectivity index (χ0n) is 15.5. The molecule has 3 aromatic rings. The van der Waals surface area contributed by atoms with Crippen molar-refractivity contribution in [2.24, 2.45) is 0 Å². The van der Waals surface area contributed by atoms with E-state index in [1.165, 1.54) is 17.1 Å². The van der Waals surface area contributed by atoms with Crippen molar-refractivity contribution in [3.8, 4) is 17.5 Å². The normalized spacial score (nSPS) is 26.0. The van der Waals surface area contributed by atoms with Gasteiger partial charge in [-0.3, -0.25) is 4.79 Å². The Morgan fingerprint density at radius 2 is 2.23 bits per heavy atom. The van der Waals surface area contributed by atoms with Crippen LogP contribution in [-0.2, 0) is 4.74 Å². The molecule has 31 heavy (non-hydrogen) atoms. The van der Waals surface area contributed by atoms with Gasteiger partial charge in [0.1, 0.15) is 41.6 Å². The van der Waals surface area contributed by atoms with Gasteiger partial charge in [0.2, 0.25) is 0 Å². The Kier molecular flexibility index (Phi) is 6.53. The zero-order chi connectivity index (χ0) is 22.1. The van der Waals surface area contributed by atoms with E-state index in [4.69, 9.17) is 10.00 Å². The number of hydrogen-bond acceptors (Lipinski definition) is 11. The molecule has 4 N–H and O–H groups in total. The van der Waals surface area contributed by atoms with Crippen molar-refractivity contribution < 1.29 is 20.1 Å². The number of aromatic nitrogens is 5. The molecule has 162 valence electrons. The van der Waals surface area contributed by atoms with E-state index in [2.05, 4.69) is 36.2 Å². The summed E-state index contributed by atoms with van der Waals surface area (Å²) >= 11 is 5.38. The molecular weight excluding hydrogens is 512 g/mol. The Morgan fingerprint density at radius 3 is 2.87 bits per heavy atom. The number of ether oxygens (including phenoxy) is 1. The molecule has 0 aliphatic carbocycles. The van der Waals surface area contributed by atoms with Crippen molar-refractivity contribution >= 4 is 39.0 Å². The lowest BCUT2D eigenvalue weighted by Crippen LogP contribution is -2.55. The SMILES string of the molecule is N#Cc1ncc(S[C@H]2OC(CO)[C@H](O)C(n3cc(-c4csc(=O)[nH]4)nn3)C2O)cc1Br. The van der Waals surface area contributed by atoms with E-state index in [9.17, 15) is 20.1 Å². The van der Waals surface area contributed by atoms with Crippen LogP contribution < -0.4 is 4.87 Å². The van der Waals surface area contributed by atoms with Crippen LogP contribution in [0.2, 0.25) is 0 Å². The first-order chi connectivity index (χ1) is 14.9. The number of aromatic amines is 1. The van der Waals surface area contributed by atoms with Crippen LogP contribution in [0.15, 0.2) is 38.0 Å². The number of aliphatic hydroxyl groups is 3. The van der Waals surface area contributed by atoms with Crippen LogP contribution in [0.1, 0.15) is 11.7 Å². The average Bonchev–Trinajstić information content (AvgIpc) is 3.39. The summed E-state index contributed by atoms with van der Waals surface area (Å²) in [7, 11) is 0. The first kappa shape index (κ1) is 22.1. The quantitative estimate of drug-likeness (QED) is 0.366. The predicted molar refractivity (Wildman–Crippen MR) is 113 cm³/mol. The summed E-state index contributed by atoms with van der Waals surface area (Å²) in [4.78, 5) is 18.4. The molecule has 4 heterocycles. The van der Waals surface area contributed by atoms with Crippen molar-refractivity contribution in [3.05, 3.63) is 43.7 Å². The molecule has 14 heteroatoms. The van der Waals surface area contributed by atoms with Gasteiger partial charge < -0.3 is 25.0 Å². The van der Waals surface area contributed by atoms with Gasteiger partial charge in [0.25, 0.3) is 0 Å². The Labute approximate surface area is 191 Å². The van der Waals surface area contributed by atoms with E-state index in [1.54, 1.807) is 11.4 Å². The smallest absolute Gasteiger partial charge is 0.304 e. The Bertz CT molecular complexity index is 1180. The van der Waals surface area contributed by atoms with Crippen molar-refractivity contribution in [2.45, 2.75) is 34.7 Å². The van der Waals surface area contributed by atoms with Crippen LogP contribution in [0.4, 0.5) is 0 Å². The fourth-order valence-corrected chi connectivity index (χ4v) is 5.36. The lowest BCUT2D eigenvalue weighted by atomic mass is 9.97. The van der Waals surface area contributed by atoms with E-state index in [-0.39, 0.29) is 10.6 Å². The molecule has 11 nitrogen and oxygen atoms in total. The number of rotatable bonds is 5. The minimum Gasteiger partial charge on any atom is -0.394 e. The van der Waals surface area contributed by atoms with Crippen molar-refractivity contribution in [3.63, 3.8) is 0 Å². The topological polar surface area (TPSA) is 170 Å². The van der Waals surface area contributed by atoms with Gasteiger partial charge >= 0.3 is 4.87 Å². The Balaban J connectivity index is 1.61. The summed E-state index contributed by atoms with van der Waals surface area (Å²) in [5, 5.41) is 49.9. The van der Waals surface area contributed by atoms with Crippen LogP contribution in [0.3, 0.4) is 0 Å². The standard InChI is InChI=1S/C17H15BrN6O5S2/c18-8-1-7(3-20-9(8)2-19)31-16-15(27)13(14(26)12(5-25)29-16)24-4-10(22-23-24)11-6-30-17(28)21-11/h1,3-4,6,12-16,25-27H,5H2,(H,21,28)/t12?,13?,14-,15?,16+/m0/s1. The van der Waals surface area contributed by atoms with Gasteiger partial charge in [-0.2, -0.15) is 5.26 Å². The number of halogens is 1. The van der Waals surface area contributed by atoms with Crippen LogP contribution in [0.25, 0.3) is 11.4 Å². The van der Waals surface area contributed by atoms with Gasteiger partial charge in [-0.05, 0) is 22.0 Å². The van der Waals surface area contributed by atoms with Crippen molar-refractivity contribution in [2.75, 3.05) is 6.61 Å². The third-order valence-electron chi connectivity index (χ3n) is 4.63. The van der Waals surface area contributed by atoms with Gasteiger partial charge in [-0.25, -0.2) is 9.67 Å². The van der Waals surface area contributed by atoms with Gasteiger partial charge in [0.15, 0.2) is 5.69 Å². The summed E-state index contributed by atoms with van der Waals surface area (Å²) in [6.45, 7) is -0.476. The Morgan fingerprint density at radius 1 is 1.42 bits per heavy atom. The number of nitrogens with zero attached hydrogens (tertiary/aromatic N) is 5. The van der Waals surface area contributed by atoms with E-state index in [0.29, 0.717) is 20.8 Å². The molecule has 1 saturated heterocycles. The van der Waals surface area contributed by atoms with Gasteiger partial charge in [-0.15, -0.1) is 5.10 Å². The summed E-state index contributed by atoms with van der Waals surface area (Å²) in [5.41, 5.74) is 0.183. The molecule has 0 bridgehead atoms. The number of nitriles is 1. The molecule has 3 unspecified atom stereocenters. The monoisotopic (exact) mass is 526 g/mol. The maximum absolute atomic E-state index is 11.4. The molecule has 0 amide bonds. The molecule has 0 radical (unpaired) electrons. The molecule has 3 aromatic heterocycles. The number of thioether (sulfide) groups is 1. The molecular formula is C17H15BrN6O5S2. The number of pyridine rings is 1. The molecule has 1 aliphatic heterocycles. The lowest BCUT2D eigenvalue weighted by Gasteiger charge is -2.41. The second-order valence-corrected chi connectivity index (χ2v) is 9.44. The van der Waals surface area contributed by atoms with Gasteiger partial charge in [0.05, 0.1) is 23.0 Å². The fourth-order valence-electron chi connectivity index (χ4n) is 3.13. The van der Waals surface area contributed by atoms with E-state index < -0.39 is 36.4 Å². The third-order valence-corrected chi connectivity index (χ3v) is 7.03. The number of aliphatic hydroxyl groups excluding tert-OH is 3.